The second kappa shape index (κ2) is 10.1. The molecule has 0 amide bonds. The van der Waals surface area contributed by atoms with E-state index >= 15 is 0 Å². The van der Waals surface area contributed by atoms with Crippen LogP contribution in [0.25, 0.3) is 21.7 Å². The van der Waals surface area contributed by atoms with Gasteiger partial charge in [0.2, 0.25) is 5.88 Å². The van der Waals surface area contributed by atoms with Crippen LogP contribution in [0.3, 0.4) is 0 Å². The van der Waals surface area contributed by atoms with E-state index in [9.17, 15) is 0 Å². The minimum atomic E-state index is -0.230. The predicted molar refractivity (Wildman–Crippen MR) is 153 cm³/mol. The summed E-state index contributed by atoms with van der Waals surface area (Å²) in [6, 6.07) is 12.6. The summed E-state index contributed by atoms with van der Waals surface area (Å²) in [6.07, 6.45) is 0. The van der Waals surface area contributed by atoms with Gasteiger partial charge in [0, 0.05) is 28.2 Å². The molecule has 0 spiro atoms. The van der Waals surface area contributed by atoms with Gasteiger partial charge in [-0.05, 0) is 129 Å². The Labute approximate surface area is 217 Å². The topological polar surface area (TPSA) is 44.2 Å². The molecule has 0 aliphatic rings. The van der Waals surface area contributed by atoms with Gasteiger partial charge in [-0.3, -0.25) is 4.98 Å². The van der Waals surface area contributed by atoms with E-state index in [4.69, 9.17) is 9.47 Å². The maximum atomic E-state index is 6.05. The molecular formula is C32H42N2O2. The lowest BCUT2D eigenvalue weighted by Crippen LogP contribution is -2.23. The number of hydrogen-bond acceptors (Lipinski definition) is 4. The van der Waals surface area contributed by atoms with Crippen molar-refractivity contribution >= 4 is 21.7 Å². The molecule has 0 N–H and O–H groups in total. The minimum Gasteiger partial charge on any atom is -0.487 e. The SMILES string of the molecule is Cc1cc(OC(C)(C)C)c2ccc(C)c(C)c2n1.Cc1cc2c(C)c(C)ccc2c(OC(C)(C)C)n1. The van der Waals surface area contributed by atoms with Crippen LogP contribution in [0.15, 0.2) is 36.4 Å². The Morgan fingerprint density at radius 3 is 1.67 bits per heavy atom. The summed E-state index contributed by atoms with van der Waals surface area (Å²) in [5, 5.41) is 3.43. The number of aryl methyl sites for hydroxylation is 6. The normalized spacial score (nSPS) is 11.9. The predicted octanol–water partition coefficient (Wildman–Crippen LogP) is 8.67. The highest BCUT2D eigenvalue weighted by Gasteiger charge is 2.17. The first-order valence-electron chi connectivity index (χ1n) is 12.7. The highest BCUT2D eigenvalue weighted by Crippen LogP contribution is 2.32. The zero-order chi connectivity index (χ0) is 27.0. The Hall–Kier alpha value is -3.14. The van der Waals surface area contributed by atoms with Crippen molar-refractivity contribution < 1.29 is 9.47 Å². The van der Waals surface area contributed by atoms with Crippen molar-refractivity contribution in [3.63, 3.8) is 0 Å². The smallest absolute Gasteiger partial charge is 0.222 e. The van der Waals surface area contributed by atoms with Crippen molar-refractivity contribution in [2.24, 2.45) is 0 Å². The van der Waals surface area contributed by atoms with Crippen LogP contribution in [-0.4, -0.2) is 21.2 Å². The maximum Gasteiger partial charge on any atom is 0.222 e. The fraction of sp³-hybridized carbons (Fsp3) is 0.438. The molecule has 0 saturated carbocycles. The molecule has 0 fully saturated rings. The van der Waals surface area contributed by atoms with Crippen LogP contribution >= 0.6 is 0 Å². The van der Waals surface area contributed by atoms with E-state index in [1.54, 1.807) is 0 Å². The third kappa shape index (κ3) is 6.54. The molecule has 2 aromatic heterocycles. The van der Waals surface area contributed by atoms with Gasteiger partial charge in [0.1, 0.15) is 17.0 Å². The molecule has 2 heterocycles. The van der Waals surface area contributed by atoms with Gasteiger partial charge in [-0.15, -0.1) is 0 Å². The van der Waals surface area contributed by atoms with Gasteiger partial charge in [-0.25, -0.2) is 4.98 Å². The molecule has 0 unspecified atom stereocenters. The van der Waals surface area contributed by atoms with Crippen LogP contribution in [0.1, 0.15) is 75.2 Å². The van der Waals surface area contributed by atoms with Gasteiger partial charge in [0.15, 0.2) is 0 Å². The molecule has 4 aromatic rings. The van der Waals surface area contributed by atoms with Crippen molar-refractivity contribution in [3.05, 3.63) is 70.0 Å². The molecule has 4 heteroatoms. The van der Waals surface area contributed by atoms with Crippen molar-refractivity contribution in [1.82, 2.24) is 9.97 Å². The van der Waals surface area contributed by atoms with Gasteiger partial charge in [0.25, 0.3) is 0 Å². The zero-order valence-corrected chi connectivity index (χ0v) is 24.2. The van der Waals surface area contributed by atoms with Crippen molar-refractivity contribution in [2.75, 3.05) is 0 Å². The lowest BCUT2D eigenvalue weighted by Gasteiger charge is -2.23. The fourth-order valence-electron chi connectivity index (χ4n) is 4.07. The first kappa shape index (κ1) is 27.4. The van der Waals surface area contributed by atoms with E-state index in [0.717, 1.165) is 39.3 Å². The van der Waals surface area contributed by atoms with Crippen LogP contribution < -0.4 is 9.47 Å². The monoisotopic (exact) mass is 486 g/mol. The van der Waals surface area contributed by atoms with E-state index < -0.39 is 0 Å². The highest BCUT2D eigenvalue weighted by atomic mass is 16.5. The molecule has 4 rings (SSSR count). The van der Waals surface area contributed by atoms with Crippen LogP contribution in [-0.2, 0) is 0 Å². The molecule has 0 aliphatic heterocycles. The lowest BCUT2D eigenvalue weighted by atomic mass is 10.0. The van der Waals surface area contributed by atoms with Crippen molar-refractivity contribution in [1.29, 1.82) is 0 Å². The van der Waals surface area contributed by atoms with Gasteiger partial charge in [-0.1, -0.05) is 12.1 Å². The number of pyridine rings is 2. The number of ether oxygens (including phenoxy) is 2. The largest absolute Gasteiger partial charge is 0.487 e. The van der Waals surface area contributed by atoms with Crippen molar-refractivity contribution in [2.45, 2.75) is 94.3 Å². The Morgan fingerprint density at radius 1 is 0.556 bits per heavy atom. The van der Waals surface area contributed by atoms with Crippen LogP contribution in [0.4, 0.5) is 0 Å². The highest BCUT2D eigenvalue weighted by molar-refractivity contribution is 5.91. The van der Waals surface area contributed by atoms with E-state index in [2.05, 4.69) is 88.8 Å². The molecule has 4 nitrogen and oxygen atoms in total. The Bertz CT molecular complexity index is 1300. The first-order valence-corrected chi connectivity index (χ1v) is 12.7. The van der Waals surface area contributed by atoms with Gasteiger partial charge < -0.3 is 9.47 Å². The number of hydrogen-bond donors (Lipinski definition) is 0. The molecule has 36 heavy (non-hydrogen) atoms. The molecule has 0 atom stereocenters. The summed E-state index contributed by atoms with van der Waals surface area (Å²) in [7, 11) is 0. The standard InChI is InChI=1S/2C16H21NO/c1-10-7-8-13-14(18-16(4,5)6)9-11(2)17-15(13)12(10)3;1-10-7-8-13-14(12(10)3)9-11(2)17-15(13)18-16(4,5)6/h2*7-9H,1-6H3. The minimum absolute atomic E-state index is 0.195. The molecule has 0 radical (unpaired) electrons. The van der Waals surface area contributed by atoms with Gasteiger partial charge in [-0.2, -0.15) is 0 Å². The maximum absolute atomic E-state index is 6.05. The lowest BCUT2D eigenvalue weighted by molar-refractivity contribution is 0.126. The average Bonchev–Trinajstić information content (AvgIpc) is 2.72. The summed E-state index contributed by atoms with van der Waals surface area (Å²) in [6.45, 7) is 24.9. The second-order valence-corrected chi connectivity index (χ2v) is 11.8. The molecule has 0 saturated heterocycles. The number of fused-ring (bicyclic) bond motifs is 2. The third-order valence-electron chi connectivity index (χ3n) is 6.06. The molecular weight excluding hydrogens is 444 g/mol. The number of nitrogens with zero attached hydrogens (tertiary/aromatic N) is 2. The molecule has 0 aliphatic carbocycles. The van der Waals surface area contributed by atoms with Crippen LogP contribution in [0, 0.1) is 41.5 Å². The van der Waals surface area contributed by atoms with Crippen LogP contribution in [0.2, 0.25) is 0 Å². The number of rotatable bonds is 2. The van der Waals surface area contributed by atoms with E-state index in [1.807, 2.05) is 40.7 Å². The average molecular weight is 487 g/mol. The van der Waals surface area contributed by atoms with E-state index in [-0.39, 0.29) is 11.2 Å². The second-order valence-electron chi connectivity index (χ2n) is 11.8. The third-order valence-corrected chi connectivity index (χ3v) is 6.06. The quantitative estimate of drug-likeness (QED) is 0.284. The summed E-state index contributed by atoms with van der Waals surface area (Å²) in [5.74, 6) is 1.66. The van der Waals surface area contributed by atoms with Crippen molar-refractivity contribution in [3.8, 4) is 11.6 Å². The Balaban J connectivity index is 0.000000201. The number of aromatic nitrogens is 2. The Kier molecular flexibility index (Phi) is 7.69. The zero-order valence-electron chi connectivity index (χ0n) is 24.2. The summed E-state index contributed by atoms with van der Waals surface area (Å²) in [5.41, 5.74) is 7.72. The summed E-state index contributed by atoms with van der Waals surface area (Å²) < 4.78 is 12.0. The number of benzene rings is 2. The first-order chi connectivity index (χ1) is 16.6. The molecule has 0 bridgehead atoms. The molecule has 192 valence electrons. The van der Waals surface area contributed by atoms with Crippen LogP contribution in [0.5, 0.6) is 11.6 Å². The Morgan fingerprint density at radius 2 is 1.08 bits per heavy atom. The summed E-state index contributed by atoms with van der Waals surface area (Å²) in [4.78, 5) is 9.18. The van der Waals surface area contributed by atoms with Gasteiger partial charge in [0.05, 0.1) is 5.52 Å². The van der Waals surface area contributed by atoms with Gasteiger partial charge >= 0.3 is 0 Å². The molecule has 2 aromatic carbocycles. The summed E-state index contributed by atoms with van der Waals surface area (Å²) >= 11 is 0. The fourth-order valence-corrected chi connectivity index (χ4v) is 4.07. The van der Waals surface area contributed by atoms with E-state index in [1.165, 1.54) is 27.6 Å². The van der Waals surface area contributed by atoms with E-state index in [0.29, 0.717) is 0 Å².